The number of rotatable bonds is 7. The van der Waals surface area contributed by atoms with Crippen LogP contribution in [0.4, 0.5) is 5.69 Å². The first-order valence-corrected chi connectivity index (χ1v) is 9.04. The lowest BCUT2D eigenvalue weighted by molar-refractivity contribution is -0.113. The van der Waals surface area contributed by atoms with Gasteiger partial charge in [-0.15, -0.1) is 10.2 Å². The van der Waals surface area contributed by atoms with Crippen molar-refractivity contribution in [3.05, 3.63) is 42.7 Å². The van der Waals surface area contributed by atoms with Crippen LogP contribution < -0.4 is 14.8 Å². The molecule has 8 nitrogen and oxygen atoms in total. The van der Waals surface area contributed by atoms with Crippen LogP contribution >= 0.6 is 11.8 Å². The number of aromatic nitrogens is 4. The normalized spacial score (nSPS) is 10.5. The molecule has 2 aromatic heterocycles. The van der Waals surface area contributed by atoms with Crippen molar-refractivity contribution in [1.82, 2.24) is 19.7 Å². The van der Waals surface area contributed by atoms with Crippen LogP contribution in [-0.4, -0.2) is 45.6 Å². The van der Waals surface area contributed by atoms with Gasteiger partial charge in [0.2, 0.25) is 5.91 Å². The van der Waals surface area contributed by atoms with Gasteiger partial charge in [0.1, 0.15) is 11.5 Å². The van der Waals surface area contributed by atoms with Crippen LogP contribution in [0.2, 0.25) is 0 Å². The van der Waals surface area contributed by atoms with Gasteiger partial charge in [0.05, 0.1) is 20.0 Å². The molecule has 1 amide bonds. The minimum atomic E-state index is -0.163. The van der Waals surface area contributed by atoms with E-state index in [4.69, 9.17) is 9.47 Å². The Morgan fingerprint density at radius 3 is 2.41 bits per heavy atom. The van der Waals surface area contributed by atoms with Crippen molar-refractivity contribution in [3.63, 3.8) is 0 Å². The van der Waals surface area contributed by atoms with Gasteiger partial charge < -0.3 is 19.4 Å². The fraction of sp³-hybridized carbons (Fsp3) is 0.222. The number of hydrogen-bond acceptors (Lipinski definition) is 7. The average Bonchev–Trinajstić information content (AvgIpc) is 3.07. The van der Waals surface area contributed by atoms with E-state index in [-0.39, 0.29) is 11.7 Å². The van der Waals surface area contributed by atoms with Crippen molar-refractivity contribution >= 4 is 23.4 Å². The van der Waals surface area contributed by atoms with E-state index < -0.39 is 0 Å². The number of methoxy groups -OCH3 is 2. The molecule has 0 radical (unpaired) electrons. The van der Waals surface area contributed by atoms with E-state index in [2.05, 4.69) is 20.5 Å². The molecule has 0 aliphatic carbocycles. The number of benzene rings is 1. The number of anilines is 1. The molecule has 0 saturated carbocycles. The summed E-state index contributed by atoms with van der Waals surface area (Å²) >= 11 is 1.31. The smallest absolute Gasteiger partial charge is 0.234 e. The van der Waals surface area contributed by atoms with Gasteiger partial charge in [-0.05, 0) is 12.1 Å². The third kappa shape index (κ3) is 4.56. The number of carbonyl (C=O) groups is 1. The molecule has 0 aliphatic heterocycles. The van der Waals surface area contributed by atoms with Crippen LogP contribution in [0.3, 0.4) is 0 Å². The summed E-state index contributed by atoms with van der Waals surface area (Å²) in [4.78, 5) is 16.3. The number of amides is 1. The molecule has 1 aromatic carbocycles. The molecule has 0 aliphatic rings. The summed E-state index contributed by atoms with van der Waals surface area (Å²) in [6.07, 6.45) is 3.40. The first kappa shape index (κ1) is 18.7. The Kier molecular flexibility index (Phi) is 5.92. The SMILES string of the molecule is COc1cc(NC(=O)CSc2nnc(-c3ccncc3)n2C)cc(OC)c1. The van der Waals surface area contributed by atoms with E-state index in [9.17, 15) is 4.79 Å². The molecule has 0 spiro atoms. The van der Waals surface area contributed by atoms with Crippen LogP contribution in [0.15, 0.2) is 47.9 Å². The maximum absolute atomic E-state index is 12.3. The Morgan fingerprint density at radius 2 is 1.78 bits per heavy atom. The van der Waals surface area contributed by atoms with E-state index in [1.54, 1.807) is 44.8 Å². The fourth-order valence-electron chi connectivity index (χ4n) is 2.40. The number of carbonyl (C=O) groups excluding carboxylic acids is 1. The molecule has 2 heterocycles. The quantitative estimate of drug-likeness (QED) is 0.625. The van der Waals surface area contributed by atoms with Gasteiger partial charge in [-0.25, -0.2) is 0 Å². The zero-order chi connectivity index (χ0) is 19.2. The van der Waals surface area contributed by atoms with Gasteiger partial charge in [0, 0.05) is 48.9 Å². The molecular formula is C18H19N5O3S. The second-order valence-electron chi connectivity index (χ2n) is 5.54. The number of thioether (sulfide) groups is 1. The molecular weight excluding hydrogens is 366 g/mol. The third-order valence-electron chi connectivity index (χ3n) is 3.74. The highest BCUT2D eigenvalue weighted by Crippen LogP contribution is 2.26. The van der Waals surface area contributed by atoms with Gasteiger partial charge in [-0.1, -0.05) is 11.8 Å². The topological polar surface area (TPSA) is 91.2 Å². The fourth-order valence-corrected chi connectivity index (χ4v) is 3.11. The maximum Gasteiger partial charge on any atom is 0.234 e. The Labute approximate surface area is 160 Å². The van der Waals surface area contributed by atoms with Crippen molar-refractivity contribution in [3.8, 4) is 22.9 Å². The van der Waals surface area contributed by atoms with Crippen molar-refractivity contribution in [2.45, 2.75) is 5.16 Å². The summed E-state index contributed by atoms with van der Waals surface area (Å²) in [5.74, 6) is 1.96. The molecule has 0 saturated heterocycles. The minimum Gasteiger partial charge on any atom is -0.497 e. The summed E-state index contributed by atoms with van der Waals surface area (Å²) in [5, 5.41) is 11.8. The molecule has 0 bridgehead atoms. The van der Waals surface area contributed by atoms with Crippen molar-refractivity contribution in [1.29, 1.82) is 0 Å². The predicted molar refractivity (Wildman–Crippen MR) is 103 cm³/mol. The summed E-state index contributed by atoms with van der Waals surface area (Å²) in [6, 6.07) is 8.93. The zero-order valence-corrected chi connectivity index (χ0v) is 16.0. The Morgan fingerprint density at radius 1 is 1.11 bits per heavy atom. The third-order valence-corrected chi connectivity index (χ3v) is 4.76. The molecule has 140 valence electrons. The molecule has 27 heavy (non-hydrogen) atoms. The minimum absolute atomic E-state index is 0.163. The van der Waals surface area contributed by atoms with Gasteiger partial charge >= 0.3 is 0 Å². The lowest BCUT2D eigenvalue weighted by Crippen LogP contribution is -2.14. The predicted octanol–water partition coefficient (Wildman–Crippen LogP) is 2.63. The Balaban J connectivity index is 1.64. The number of ether oxygens (including phenoxy) is 2. The van der Waals surface area contributed by atoms with E-state index in [0.29, 0.717) is 22.3 Å². The summed E-state index contributed by atoms with van der Waals surface area (Å²) in [7, 11) is 4.98. The maximum atomic E-state index is 12.3. The highest BCUT2D eigenvalue weighted by Gasteiger charge is 2.13. The first-order chi connectivity index (χ1) is 13.1. The van der Waals surface area contributed by atoms with E-state index >= 15 is 0 Å². The van der Waals surface area contributed by atoms with Crippen LogP contribution in [0.5, 0.6) is 11.5 Å². The van der Waals surface area contributed by atoms with Gasteiger partial charge in [-0.2, -0.15) is 0 Å². The van der Waals surface area contributed by atoms with Gasteiger partial charge in [0.15, 0.2) is 11.0 Å². The number of pyridine rings is 1. The lowest BCUT2D eigenvalue weighted by Gasteiger charge is -2.09. The Hall–Kier alpha value is -3.07. The molecule has 3 aromatic rings. The molecule has 1 N–H and O–H groups in total. The molecule has 0 fully saturated rings. The van der Waals surface area contributed by atoms with Crippen LogP contribution in [0.25, 0.3) is 11.4 Å². The lowest BCUT2D eigenvalue weighted by atomic mass is 10.2. The second-order valence-corrected chi connectivity index (χ2v) is 6.48. The van der Waals surface area contributed by atoms with E-state index in [1.807, 2.05) is 23.7 Å². The number of nitrogens with one attached hydrogen (secondary N) is 1. The number of hydrogen-bond donors (Lipinski definition) is 1. The largest absolute Gasteiger partial charge is 0.497 e. The van der Waals surface area contributed by atoms with Crippen LogP contribution in [0, 0.1) is 0 Å². The summed E-state index contributed by atoms with van der Waals surface area (Å²) in [6.45, 7) is 0. The second kappa shape index (κ2) is 8.54. The molecule has 0 unspecified atom stereocenters. The highest BCUT2D eigenvalue weighted by atomic mass is 32.2. The molecule has 0 atom stereocenters. The monoisotopic (exact) mass is 385 g/mol. The standard InChI is InChI=1S/C18H19N5O3S/c1-23-17(12-4-6-19-7-5-12)21-22-18(23)27-11-16(24)20-13-8-14(25-2)10-15(9-13)26-3/h4-10H,11H2,1-3H3,(H,20,24). The average molecular weight is 385 g/mol. The van der Waals surface area contributed by atoms with E-state index in [1.165, 1.54) is 11.8 Å². The summed E-state index contributed by atoms with van der Waals surface area (Å²) in [5.41, 5.74) is 1.52. The van der Waals surface area contributed by atoms with Crippen LogP contribution in [-0.2, 0) is 11.8 Å². The summed E-state index contributed by atoms with van der Waals surface area (Å²) < 4.78 is 12.3. The zero-order valence-electron chi connectivity index (χ0n) is 15.2. The highest BCUT2D eigenvalue weighted by molar-refractivity contribution is 7.99. The van der Waals surface area contributed by atoms with Gasteiger partial charge in [0.25, 0.3) is 0 Å². The number of nitrogens with zero attached hydrogens (tertiary/aromatic N) is 4. The van der Waals surface area contributed by atoms with Crippen molar-refractivity contribution in [2.75, 3.05) is 25.3 Å². The molecule has 9 heteroatoms. The van der Waals surface area contributed by atoms with Gasteiger partial charge in [-0.3, -0.25) is 9.78 Å². The van der Waals surface area contributed by atoms with Crippen molar-refractivity contribution < 1.29 is 14.3 Å². The van der Waals surface area contributed by atoms with E-state index in [0.717, 1.165) is 11.4 Å². The Bertz CT molecular complexity index is 908. The van der Waals surface area contributed by atoms with Crippen LogP contribution in [0.1, 0.15) is 0 Å². The van der Waals surface area contributed by atoms with Crippen molar-refractivity contribution in [2.24, 2.45) is 7.05 Å². The molecule has 3 rings (SSSR count). The first-order valence-electron chi connectivity index (χ1n) is 8.06.